The lowest BCUT2D eigenvalue weighted by atomic mass is 9.95. The molecule has 0 bridgehead atoms. The van der Waals surface area contributed by atoms with Crippen LogP contribution in [0.1, 0.15) is 22.3 Å². The average Bonchev–Trinajstić information content (AvgIpc) is 3.59. The van der Waals surface area contributed by atoms with Crippen LogP contribution in [0.25, 0.3) is 60.6 Å². The molecule has 0 spiro atoms. The second kappa shape index (κ2) is 6.13. The van der Waals surface area contributed by atoms with Gasteiger partial charge in [-0.15, -0.1) is 0 Å². The first kappa shape index (κ1) is 17.9. The fraction of sp³-hybridized carbons (Fsp3) is 0.0625. The molecular weight excluding hydrogens is 426 g/mol. The number of rotatable bonds is 0. The molecular formula is C32H19N3. The van der Waals surface area contributed by atoms with Crippen molar-refractivity contribution in [3.8, 4) is 22.3 Å². The Balaban J connectivity index is 1.42. The maximum atomic E-state index is 5.10. The molecule has 2 aliphatic carbocycles. The van der Waals surface area contributed by atoms with Crippen molar-refractivity contribution in [3.63, 3.8) is 0 Å². The van der Waals surface area contributed by atoms with Crippen molar-refractivity contribution < 1.29 is 0 Å². The van der Waals surface area contributed by atoms with Gasteiger partial charge in [0.25, 0.3) is 0 Å². The Morgan fingerprint density at radius 1 is 0.629 bits per heavy atom. The lowest BCUT2D eigenvalue weighted by molar-refractivity contribution is 1.24. The molecule has 0 saturated heterocycles. The summed E-state index contributed by atoms with van der Waals surface area (Å²) in [5.74, 6) is 0. The molecule has 9 rings (SSSR count). The third-order valence-electron chi connectivity index (χ3n) is 8.13. The topological polar surface area (TPSA) is 30.2 Å². The largest absolute Gasteiger partial charge is 0.292 e. The molecule has 0 aliphatic heterocycles. The number of nitrogens with zero attached hydrogens (tertiary/aromatic N) is 3. The molecule has 4 aromatic carbocycles. The van der Waals surface area contributed by atoms with Crippen molar-refractivity contribution >= 4 is 38.4 Å². The molecule has 3 nitrogen and oxygen atoms in total. The number of imidazole rings is 1. The van der Waals surface area contributed by atoms with Gasteiger partial charge in [0.1, 0.15) is 5.65 Å². The van der Waals surface area contributed by atoms with E-state index in [0.29, 0.717) is 0 Å². The van der Waals surface area contributed by atoms with Gasteiger partial charge < -0.3 is 0 Å². The fourth-order valence-electron chi connectivity index (χ4n) is 6.72. The highest BCUT2D eigenvalue weighted by Gasteiger charge is 2.30. The Morgan fingerprint density at radius 3 is 2.49 bits per heavy atom. The van der Waals surface area contributed by atoms with Crippen LogP contribution in [0.5, 0.6) is 0 Å². The van der Waals surface area contributed by atoms with Crippen LogP contribution in [0.3, 0.4) is 0 Å². The highest BCUT2D eigenvalue weighted by molar-refractivity contribution is 6.17. The molecule has 0 N–H and O–H groups in total. The van der Waals surface area contributed by atoms with Crippen molar-refractivity contribution in [2.45, 2.75) is 12.8 Å². The maximum absolute atomic E-state index is 5.10. The van der Waals surface area contributed by atoms with E-state index in [-0.39, 0.29) is 0 Å². The number of benzene rings is 4. The molecule has 3 aromatic heterocycles. The number of hydrogen-bond acceptors (Lipinski definition) is 2. The van der Waals surface area contributed by atoms with E-state index in [4.69, 9.17) is 4.98 Å². The monoisotopic (exact) mass is 445 g/mol. The summed E-state index contributed by atoms with van der Waals surface area (Å²) in [5, 5.41) is 3.69. The molecule has 0 amide bonds. The Bertz CT molecular complexity index is 2060. The molecule has 2 aliphatic rings. The van der Waals surface area contributed by atoms with Crippen LogP contribution < -0.4 is 0 Å². The molecule has 7 aromatic rings. The summed E-state index contributed by atoms with van der Waals surface area (Å²) in [4.78, 5) is 9.66. The summed E-state index contributed by atoms with van der Waals surface area (Å²) in [6, 6.07) is 28.7. The van der Waals surface area contributed by atoms with E-state index in [1.165, 1.54) is 60.7 Å². The predicted molar refractivity (Wildman–Crippen MR) is 142 cm³/mol. The van der Waals surface area contributed by atoms with Gasteiger partial charge in [-0.1, -0.05) is 54.6 Å². The third-order valence-corrected chi connectivity index (χ3v) is 8.13. The molecule has 162 valence electrons. The van der Waals surface area contributed by atoms with E-state index in [2.05, 4.69) is 88.2 Å². The van der Waals surface area contributed by atoms with Gasteiger partial charge in [0.15, 0.2) is 0 Å². The van der Waals surface area contributed by atoms with E-state index in [1.807, 2.05) is 12.4 Å². The first-order chi connectivity index (χ1) is 17.4. The minimum Gasteiger partial charge on any atom is -0.292 e. The van der Waals surface area contributed by atoms with Crippen molar-refractivity contribution in [3.05, 3.63) is 114 Å². The number of hydrogen-bond donors (Lipinski definition) is 0. The number of fused-ring (bicyclic) bond motifs is 16. The Hall–Kier alpha value is -4.50. The molecule has 35 heavy (non-hydrogen) atoms. The third kappa shape index (κ3) is 2.12. The Kier molecular flexibility index (Phi) is 3.14. The summed E-state index contributed by atoms with van der Waals surface area (Å²) in [5.41, 5.74) is 15.7. The standard InChI is InChI=1S/C32H19N3/c1-2-6-20-18(5-1)15-19-9-10-21-22-11-12-23-31(25(22)16-24(21)30(19)20)26-17-33-14-13-28(26)35-29-8-4-3-7-27(29)34-32(23)35/h1-14,17H,15-16H2. The van der Waals surface area contributed by atoms with Crippen LogP contribution in [0.15, 0.2) is 91.3 Å². The van der Waals surface area contributed by atoms with Crippen LogP contribution in [-0.4, -0.2) is 14.4 Å². The van der Waals surface area contributed by atoms with E-state index in [0.717, 1.165) is 35.0 Å². The summed E-state index contributed by atoms with van der Waals surface area (Å²) in [6.07, 6.45) is 5.91. The summed E-state index contributed by atoms with van der Waals surface area (Å²) < 4.78 is 2.30. The zero-order valence-electron chi connectivity index (χ0n) is 18.9. The quantitative estimate of drug-likeness (QED) is 0.229. The second-order valence-electron chi connectivity index (χ2n) is 9.80. The molecule has 0 radical (unpaired) electrons. The van der Waals surface area contributed by atoms with E-state index >= 15 is 0 Å². The Morgan fingerprint density at radius 2 is 1.49 bits per heavy atom. The van der Waals surface area contributed by atoms with Crippen molar-refractivity contribution in [1.82, 2.24) is 14.4 Å². The molecule has 0 atom stereocenters. The summed E-state index contributed by atoms with van der Waals surface area (Å²) in [7, 11) is 0. The fourth-order valence-corrected chi connectivity index (χ4v) is 6.72. The average molecular weight is 446 g/mol. The zero-order chi connectivity index (χ0) is 22.7. The predicted octanol–water partition coefficient (Wildman–Crippen LogP) is 7.33. The van der Waals surface area contributed by atoms with Gasteiger partial charge in [-0.3, -0.25) is 9.38 Å². The van der Waals surface area contributed by atoms with Gasteiger partial charge >= 0.3 is 0 Å². The van der Waals surface area contributed by atoms with Crippen molar-refractivity contribution in [2.24, 2.45) is 0 Å². The highest BCUT2D eigenvalue weighted by Crippen LogP contribution is 2.50. The number of para-hydroxylation sites is 2. The summed E-state index contributed by atoms with van der Waals surface area (Å²) in [6.45, 7) is 0. The minimum atomic E-state index is 0.944. The van der Waals surface area contributed by atoms with E-state index in [9.17, 15) is 0 Å². The van der Waals surface area contributed by atoms with Crippen LogP contribution in [-0.2, 0) is 12.8 Å². The van der Waals surface area contributed by atoms with Gasteiger partial charge in [-0.05, 0) is 81.6 Å². The van der Waals surface area contributed by atoms with Crippen LogP contribution in [0.4, 0.5) is 0 Å². The zero-order valence-corrected chi connectivity index (χ0v) is 18.9. The first-order valence-electron chi connectivity index (χ1n) is 12.2. The number of aromatic nitrogens is 3. The second-order valence-corrected chi connectivity index (χ2v) is 9.80. The number of pyridine rings is 2. The van der Waals surface area contributed by atoms with Gasteiger partial charge in [0.2, 0.25) is 0 Å². The van der Waals surface area contributed by atoms with Gasteiger partial charge in [-0.2, -0.15) is 0 Å². The maximum Gasteiger partial charge on any atom is 0.146 e. The Labute approximate surface area is 201 Å². The lowest BCUT2D eigenvalue weighted by Gasteiger charge is -2.12. The molecule has 3 heterocycles. The molecule has 3 heteroatoms. The lowest BCUT2D eigenvalue weighted by Crippen LogP contribution is -1.95. The van der Waals surface area contributed by atoms with Crippen LogP contribution >= 0.6 is 0 Å². The normalized spacial score (nSPS) is 13.5. The SMILES string of the molecule is c1ccc2c(c1)Cc1ccc3c(c1-2)Cc1c-3ccc2c1c1cnccc1n1c3ccccc3nc21. The molecule has 0 fully saturated rings. The first-order valence-corrected chi connectivity index (χ1v) is 12.2. The van der Waals surface area contributed by atoms with Crippen molar-refractivity contribution in [2.75, 3.05) is 0 Å². The van der Waals surface area contributed by atoms with Gasteiger partial charge in [0.05, 0.1) is 16.6 Å². The van der Waals surface area contributed by atoms with E-state index < -0.39 is 0 Å². The van der Waals surface area contributed by atoms with Gasteiger partial charge in [0, 0.05) is 28.6 Å². The smallest absolute Gasteiger partial charge is 0.146 e. The van der Waals surface area contributed by atoms with Crippen LogP contribution in [0, 0.1) is 0 Å². The molecule has 0 saturated carbocycles. The summed E-state index contributed by atoms with van der Waals surface area (Å²) >= 11 is 0. The molecule has 0 unspecified atom stereocenters. The van der Waals surface area contributed by atoms with E-state index in [1.54, 1.807) is 0 Å². The highest BCUT2D eigenvalue weighted by atomic mass is 15.0. The minimum absolute atomic E-state index is 0.944. The van der Waals surface area contributed by atoms with Crippen molar-refractivity contribution in [1.29, 1.82) is 0 Å². The van der Waals surface area contributed by atoms with Crippen LogP contribution in [0.2, 0.25) is 0 Å². The van der Waals surface area contributed by atoms with Gasteiger partial charge in [-0.25, -0.2) is 4.98 Å².